The molecule has 1 aliphatic heterocycles. The van der Waals surface area contributed by atoms with Crippen LogP contribution < -0.4 is 5.32 Å². The summed E-state index contributed by atoms with van der Waals surface area (Å²) in [7, 11) is 2.03. The zero-order valence-corrected chi connectivity index (χ0v) is 13.3. The lowest BCUT2D eigenvalue weighted by molar-refractivity contribution is 0.193. The Morgan fingerprint density at radius 3 is 2.78 bits per heavy atom. The molecule has 1 aliphatic rings. The van der Waals surface area contributed by atoms with Crippen LogP contribution in [0.25, 0.3) is 0 Å². The summed E-state index contributed by atoms with van der Waals surface area (Å²) in [4.78, 5) is 2.55. The van der Waals surface area contributed by atoms with E-state index in [9.17, 15) is 0 Å². The Morgan fingerprint density at radius 2 is 2.17 bits per heavy atom. The average molecular weight is 315 g/mol. The van der Waals surface area contributed by atoms with Crippen LogP contribution in [0.1, 0.15) is 31.7 Å². The molecule has 0 spiro atoms. The quantitative estimate of drug-likeness (QED) is 0.907. The Bertz CT molecular complexity index is 415. The van der Waals surface area contributed by atoms with Crippen LogP contribution in [0, 0.1) is 6.92 Å². The summed E-state index contributed by atoms with van der Waals surface area (Å²) in [6.07, 6.45) is 1.21. The Morgan fingerprint density at radius 1 is 1.44 bits per heavy atom. The van der Waals surface area contributed by atoms with Crippen molar-refractivity contribution in [3.63, 3.8) is 0 Å². The van der Waals surface area contributed by atoms with Gasteiger partial charge in [0.1, 0.15) is 0 Å². The highest BCUT2D eigenvalue weighted by Gasteiger charge is 2.23. The molecule has 2 rings (SSSR count). The first-order valence-corrected chi connectivity index (χ1v) is 7.43. The van der Waals surface area contributed by atoms with Crippen molar-refractivity contribution in [2.24, 2.45) is 7.05 Å². The first kappa shape index (κ1) is 14.0. The fraction of sp³-hybridized carbons (Fsp3) is 0.769. The third-order valence-electron chi connectivity index (χ3n) is 3.80. The number of rotatable bonds is 2. The molecule has 18 heavy (non-hydrogen) atoms. The van der Waals surface area contributed by atoms with Gasteiger partial charge in [-0.15, -0.1) is 0 Å². The van der Waals surface area contributed by atoms with E-state index in [0.29, 0.717) is 12.1 Å². The van der Waals surface area contributed by atoms with Crippen LogP contribution in [0.15, 0.2) is 4.47 Å². The van der Waals surface area contributed by atoms with Crippen LogP contribution >= 0.6 is 15.9 Å². The first-order valence-electron chi connectivity index (χ1n) is 6.64. The van der Waals surface area contributed by atoms with Gasteiger partial charge in [-0.2, -0.15) is 5.10 Å². The topological polar surface area (TPSA) is 33.1 Å². The van der Waals surface area contributed by atoms with Gasteiger partial charge in [-0.1, -0.05) is 0 Å². The molecule has 2 atom stereocenters. The number of aryl methyl sites for hydroxylation is 2. The number of hydrogen-bond acceptors (Lipinski definition) is 3. The Hall–Kier alpha value is -0.390. The third kappa shape index (κ3) is 2.95. The maximum atomic E-state index is 4.47. The summed E-state index contributed by atoms with van der Waals surface area (Å²) >= 11 is 3.66. The van der Waals surface area contributed by atoms with Crippen LogP contribution in [-0.4, -0.2) is 39.9 Å². The highest BCUT2D eigenvalue weighted by Crippen LogP contribution is 2.23. The van der Waals surface area contributed by atoms with Gasteiger partial charge in [0.25, 0.3) is 0 Å². The largest absolute Gasteiger partial charge is 0.313 e. The molecule has 0 amide bonds. The van der Waals surface area contributed by atoms with Gasteiger partial charge in [0.15, 0.2) is 0 Å². The third-order valence-corrected chi connectivity index (χ3v) is 4.83. The zero-order chi connectivity index (χ0) is 13.3. The van der Waals surface area contributed by atoms with Crippen molar-refractivity contribution in [1.29, 1.82) is 0 Å². The molecule has 1 fully saturated rings. The van der Waals surface area contributed by atoms with Gasteiger partial charge in [-0.3, -0.25) is 9.58 Å². The van der Waals surface area contributed by atoms with Crippen molar-refractivity contribution < 1.29 is 0 Å². The van der Waals surface area contributed by atoms with Gasteiger partial charge in [0, 0.05) is 32.2 Å². The van der Waals surface area contributed by atoms with E-state index in [1.54, 1.807) is 0 Å². The minimum absolute atomic E-state index is 0.558. The van der Waals surface area contributed by atoms with Crippen molar-refractivity contribution >= 4 is 15.9 Å². The molecule has 2 heterocycles. The fourth-order valence-corrected chi connectivity index (χ4v) is 3.04. The van der Waals surface area contributed by atoms with E-state index in [2.05, 4.69) is 45.1 Å². The fourth-order valence-electron chi connectivity index (χ4n) is 2.58. The van der Waals surface area contributed by atoms with E-state index in [-0.39, 0.29) is 0 Å². The van der Waals surface area contributed by atoms with E-state index < -0.39 is 0 Å². The second-order valence-corrected chi connectivity index (χ2v) is 6.19. The van der Waals surface area contributed by atoms with Crippen LogP contribution in [0.3, 0.4) is 0 Å². The number of hydrogen-bond donors (Lipinski definition) is 1. The molecular weight excluding hydrogens is 292 g/mol. The molecular formula is C13H23BrN4. The molecule has 0 radical (unpaired) electrons. The van der Waals surface area contributed by atoms with Crippen molar-refractivity contribution in [1.82, 2.24) is 20.0 Å². The highest BCUT2D eigenvalue weighted by atomic mass is 79.9. The van der Waals surface area contributed by atoms with Crippen LogP contribution in [0.2, 0.25) is 0 Å². The molecule has 1 aromatic heterocycles. The number of nitrogens with zero attached hydrogens (tertiary/aromatic N) is 3. The van der Waals surface area contributed by atoms with Crippen LogP contribution in [0.4, 0.5) is 0 Å². The minimum atomic E-state index is 0.558. The summed E-state index contributed by atoms with van der Waals surface area (Å²) < 4.78 is 3.15. The molecule has 2 unspecified atom stereocenters. The van der Waals surface area contributed by atoms with E-state index in [1.165, 1.54) is 12.1 Å². The molecule has 0 aromatic carbocycles. The molecule has 1 N–H and O–H groups in total. The molecule has 1 saturated heterocycles. The van der Waals surface area contributed by atoms with E-state index in [4.69, 9.17) is 0 Å². The van der Waals surface area contributed by atoms with Crippen LogP contribution in [-0.2, 0) is 13.6 Å². The predicted octanol–water partition coefficient (Wildman–Crippen LogP) is 2.06. The zero-order valence-electron chi connectivity index (χ0n) is 11.7. The lowest BCUT2D eigenvalue weighted by atomic mass is 10.2. The van der Waals surface area contributed by atoms with Gasteiger partial charge in [0.2, 0.25) is 0 Å². The van der Waals surface area contributed by atoms with Crippen molar-refractivity contribution in [3.8, 4) is 0 Å². The smallest absolute Gasteiger partial charge is 0.0739 e. The average Bonchev–Trinajstić information content (AvgIpc) is 2.47. The lowest BCUT2D eigenvalue weighted by Crippen LogP contribution is -2.38. The second-order valence-electron chi connectivity index (χ2n) is 5.39. The highest BCUT2D eigenvalue weighted by molar-refractivity contribution is 9.10. The van der Waals surface area contributed by atoms with Crippen molar-refractivity contribution in [2.75, 3.05) is 13.1 Å². The summed E-state index contributed by atoms with van der Waals surface area (Å²) in [6.45, 7) is 9.79. The van der Waals surface area contributed by atoms with Gasteiger partial charge < -0.3 is 5.32 Å². The van der Waals surface area contributed by atoms with E-state index in [1.807, 2.05) is 18.7 Å². The minimum Gasteiger partial charge on any atom is -0.313 e. The second kappa shape index (κ2) is 5.72. The van der Waals surface area contributed by atoms with E-state index in [0.717, 1.165) is 29.8 Å². The molecule has 102 valence electrons. The van der Waals surface area contributed by atoms with Gasteiger partial charge >= 0.3 is 0 Å². The Labute approximate surface area is 118 Å². The number of aromatic nitrogens is 2. The van der Waals surface area contributed by atoms with Crippen molar-refractivity contribution in [3.05, 3.63) is 15.9 Å². The SMILES string of the molecule is Cc1nn(C)c(CN2CC(C)NCCC2C)c1Br. The molecule has 5 heteroatoms. The standard InChI is InChI=1S/C13H23BrN4/c1-9-7-18(10(2)5-6-15-9)8-12-13(14)11(3)16-17(12)4/h9-10,15H,5-8H2,1-4H3. The van der Waals surface area contributed by atoms with E-state index >= 15 is 0 Å². The maximum absolute atomic E-state index is 4.47. The number of nitrogens with one attached hydrogen (secondary N) is 1. The summed E-state index contributed by atoms with van der Waals surface area (Å²) in [5.41, 5.74) is 2.34. The molecule has 0 bridgehead atoms. The summed E-state index contributed by atoms with van der Waals surface area (Å²) in [6, 6.07) is 1.17. The molecule has 1 aromatic rings. The molecule has 0 saturated carbocycles. The lowest BCUT2D eigenvalue weighted by Gasteiger charge is -2.28. The first-order chi connectivity index (χ1) is 8.49. The van der Waals surface area contributed by atoms with Gasteiger partial charge in [0.05, 0.1) is 15.9 Å². The molecule has 0 aliphatic carbocycles. The van der Waals surface area contributed by atoms with Gasteiger partial charge in [-0.05, 0) is 49.7 Å². The summed E-state index contributed by atoms with van der Waals surface area (Å²) in [5.74, 6) is 0. The predicted molar refractivity (Wildman–Crippen MR) is 77.6 cm³/mol. The van der Waals surface area contributed by atoms with Crippen molar-refractivity contribution in [2.45, 2.75) is 45.8 Å². The molecule has 4 nitrogen and oxygen atoms in total. The Kier molecular flexibility index (Phi) is 4.45. The normalized spacial score (nSPS) is 26.3. The monoisotopic (exact) mass is 314 g/mol. The number of halogens is 1. The summed E-state index contributed by atoms with van der Waals surface area (Å²) in [5, 5.41) is 8.02. The maximum Gasteiger partial charge on any atom is 0.0739 e. The van der Waals surface area contributed by atoms with Crippen LogP contribution in [0.5, 0.6) is 0 Å². The van der Waals surface area contributed by atoms with Gasteiger partial charge in [-0.25, -0.2) is 0 Å². The Balaban J connectivity index is 2.15.